The van der Waals surface area contributed by atoms with Gasteiger partial charge in [-0.15, -0.1) is 0 Å². The molecule has 0 heterocycles. The van der Waals surface area contributed by atoms with Crippen molar-refractivity contribution in [3.63, 3.8) is 0 Å². The van der Waals surface area contributed by atoms with Gasteiger partial charge in [0.05, 0.1) is 6.04 Å². The summed E-state index contributed by atoms with van der Waals surface area (Å²) in [4.78, 5) is 24.7. The third kappa shape index (κ3) is 5.44. The third-order valence-electron chi connectivity index (χ3n) is 5.79. The average Bonchev–Trinajstić information content (AvgIpc) is 3.13. The number of amides is 1. The molecule has 1 fully saturated rings. The number of carbonyl (C=O) groups is 2. The molecule has 2 aromatic carbocycles. The predicted molar refractivity (Wildman–Crippen MR) is 113 cm³/mol. The molecule has 2 aromatic rings. The molecule has 0 bridgehead atoms. The van der Waals surface area contributed by atoms with E-state index in [9.17, 15) is 9.59 Å². The van der Waals surface area contributed by atoms with E-state index in [0.717, 1.165) is 31.5 Å². The lowest BCUT2D eigenvalue weighted by Crippen LogP contribution is -2.42. The molecule has 0 aromatic heterocycles. The summed E-state index contributed by atoms with van der Waals surface area (Å²) in [6.07, 6.45) is 5.42. The van der Waals surface area contributed by atoms with Gasteiger partial charge in [0.25, 0.3) is 5.91 Å². The Balaban J connectivity index is 1.57. The molecule has 4 heteroatoms. The number of Topliss-reactive ketones (excluding diaryl/α,β-unsaturated/α-hetero) is 1. The number of benzene rings is 2. The lowest BCUT2D eigenvalue weighted by Gasteiger charge is -2.28. The highest BCUT2D eigenvalue weighted by atomic mass is 16.2. The van der Waals surface area contributed by atoms with Crippen molar-refractivity contribution in [2.45, 2.75) is 58.5 Å². The van der Waals surface area contributed by atoms with Crippen molar-refractivity contribution in [3.8, 4) is 0 Å². The van der Waals surface area contributed by atoms with Gasteiger partial charge >= 0.3 is 0 Å². The van der Waals surface area contributed by atoms with Gasteiger partial charge in [-0.05, 0) is 61.4 Å². The normalized spacial score (nSPS) is 16.4. The molecule has 0 aliphatic heterocycles. The zero-order valence-electron chi connectivity index (χ0n) is 16.8. The van der Waals surface area contributed by atoms with Crippen molar-refractivity contribution in [1.82, 2.24) is 5.32 Å². The van der Waals surface area contributed by atoms with E-state index in [1.54, 1.807) is 19.1 Å². The van der Waals surface area contributed by atoms with E-state index in [-0.39, 0.29) is 17.1 Å². The topological polar surface area (TPSA) is 58.2 Å². The van der Waals surface area contributed by atoms with Crippen molar-refractivity contribution in [3.05, 3.63) is 65.7 Å². The SMILES string of the molecule is CC(=O)[C@H](CC1(C)CCCC1)NC(=O)c1ccc(NCc2ccccc2)cc1. The van der Waals surface area contributed by atoms with Crippen molar-refractivity contribution < 1.29 is 9.59 Å². The maximum atomic E-state index is 12.6. The number of hydrogen-bond acceptors (Lipinski definition) is 3. The second-order valence-corrected chi connectivity index (χ2v) is 8.28. The fraction of sp³-hybridized carbons (Fsp3) is 0.417. The van der Waals surface area contributed by atoms with E-state index < -0.39 is 6.04 Å². The van der Waals surface area contributed by atoms with Crippen LogP contribution in [0, 0.1) is 5.41 Å². The van der Waals surface area contributed by atoms with Crippen LogP contribution in [0.1, 0.15) is 61.9 Å². The molecule has 2 N–H and O–H groups in total. The molecule has 1 amide bonds. The second kappa shape index (κ2) is 9.05. The summed E-state index contributed by atoms with van der Waals surface area (Å²) in [6, 6.07) is 17.2. The number of carbonyl (C=O) groups excluding carboxylic acids is 2. The predicted octanol–water partition coefficient (Wildman–Crippen LogP) is 4.96. The number of nitrogens with one attached hydrogen (secondary N) is 2. The van der Waals surface area contributed by atoms with Gasteiger partial charge in [0.1, 0.15) is 0 Å². The highest BCUT2D eigenvalue weighted by Gasteiger charge is 2.33. The summed E-state index contributed by atoms with van der Waals surface area (Å²) in [6.45, 7) is 4.53. The largest absolute Gasteiger partial charge is 0.381 e. The molecule has 1 aliphatic carbocycles. The number of anilines is 1. The smallest absolute Gasteiger partial charge is 0.251 e. The quantitative estimate of drug-likeness (QED) is 0.683. The summed E-state index contributed by atoms with van der Waals surface area (Å²) in [5.41, 5.74) is 2.90. The minimum atomic E-state index is -0.411. The summed E-state index contributed by atoms with van der Waals surface area (Å²) < 4.78 is 0. The zero-order valence-corrected chi connectivity index (χ0v) is 16.8. The molecule has 0 radical (unpaired) electrons. The minimum absolute atomic E-state index is 0.0302. The molecule has 0 saturated heterocycles. The van der Waals surface area contributed by atoms with Gasteiger partial charge in [-0.3, -0.25) is 9.59 Å². The van der Waals surface area contributed by atoms with E-state index in [4.69, 9.17) is 0 Å². The van der Waals surface area contributed by atoms with E-state index in [1.165, 1.54) is 18.4 Å². The summed E-state index contributed by atoms with van der Waals surface area (Å²) >= 11 is 0. The van der Waals surface area contributed by atoms with Crippen LogP contribution >= 0.6 is 0 Å². The first-order valence-electron chi connectivity index (χ1n) is 10.1. The van der Waals surface area contributed by atoms with Gasteiger partial charge in [0.2, 0.25) is 0 Å². The monoisotopic (exact) mass is 378 g/mol. The lowest BCUT2D eigenvalue weighted by atomic mass is 9.81. The summed E-state index contributed by atoms with van der Waals surface area (Å²) in [7, 11) is 0. The fourth-order valence-electron chi connectivity index (χ4n) is 4.00. The molecule has 1 aliphatic rings. The van der Waals surface area contributed by atoms with E-state index in [1.807, 2.05) is 30.3 Å². The summed E-state index contributed by atoms with van der Waals surface area (Å²) in [5.74, 6) is -0.154. The maximum Gasteiger partial charge on any atom is 0.251 e. The van der Waals surface area contributed by atoms with Gasteiger partial charge in [-0.1, -0.05) is 50.1 Å². The number of rotatable bonds is 8. The van der Waals surface area contributed by atoms with E-state index >= 15 is 0 Å². The molecular weight excluding hydrogens is 348 g/mol. The molecule has 4 nitrogen and oxygen atoms in total. The van der Waals surface area contributed by atoms with Gasteiger partial charge < -0.3 is 10.6 Å². The minimum Gasteiger partial charge on any atom is -0.381 e. The molecule has 1 atom stereocenters. The Morgan fingerprint density at radius 3 is 2.25 bits per heavy atom. The fourth-order valence-corrected chi connectivity index (χ4v) is 4.00. The van der Waals surface area contributed by atoms with Crippen LogP contribution in [0.3, 0.4) is 0 Å². The molecule has 1 saturated carbocycles. The Labute approximate surface area is 167 Å². The van der Waals surface area contributed by atoms with Crippen LogP contribution in [0.2, 0.25) is 0 Å². The highest BCUT2D eigenvalue weighted by molar-refractivity contribution is 5.97. The Morgan fingerprint density at radius 1 is 1.00 bits per heavy atom. The van der Waals surface area contributed by atoms with E-state index in [2.05, 4.69) is 29.7 Å². The second-order valence-electron chi connectivity index (χ2n) is 8.28. The maximum absolute atomic E-state index is 12.6. The highest BCUT2D eigenvalue weighted by Crippen LogP contribution is 2.41. The number of hydrogen-bond donors (Lipinski definition) is 2. The zero-order chi connectivity index (χ0) is 20.0. The van der Waals surface area contributed by atoms with E-state index in [0.29, 0.717) is 5.56 Å². The van der Waals surface area contributed by atoms with Crippen molar-refractivity contribution in [2.24, 2.45) is 5.41 Å². The Bertz CT molecular complexity index is 793. The van der Waals surface area contributed by atoms with Crippen LogP contribution < -0.4 is 10.6 Å². The van der Waals surface area contributed by atoms with Crippen LogP contribution in [0.15, 0.2) is 54.6 Å². The molecular formula is C24H30N2O2. The van der Waals surface area contributed by atoms with Gasteiger partial charge in [0, 0.05) is 17.8 Å². The van der Waals surface area contributed by atoms with Gasteiger partial charge in [0.15, 0.2) is 5.78 Å². The van der Waals surface area contributed by atoms with Crippen molar-refractivity contribution >= 4 is 17.4 Å². The van der Waals surface area contributed by atoms with Crippen LogP contribution in [0.4, 0.5) is 5.69 Å². The average molecular weight is 379 g/mol. The first-order chi connectivity index (χ1) is 13.5. The third-order valence-corrected chi connectivity index (χ3v) is 5.79. The molecule has 0 spiro atoms. The molecule has 28 heavy (non-hydrogen) atoms. The molecule has 3 rings (SSSR count). The van der Waals surface area contributed by atoms with Crippen molar-refractivity contribution in [2.75, 3.05) is 5.32 Å². The molecule has 148 valence electrons. The van der Waals surface area contributed by atoms with Gasteiger partial charge in [-0.2, -0.15) is 0 Å². The Hall–Kier alpha value is -2.62. The van der Waals surface area contributed by atoms with Gasteiger partial charge in [-0.25, -0.2) is 0 Å². The molecule has 0 unspecified atom stereocenters. The van der Waals surface area contributed by atoms with Crippen LogP contribution in [0.5, 0.6) is 0 Å². The Morgan fingerprint density at radius 2 is 1.64 bits per heavy atom. The Kier molecular flexibility index (Phi) is 6.50. The van der Waals surface area contributed by atoms with Crippen LogP contribution in [-0.2, 0) is 11.3 Å². The summed E-state index contributed by atoms with van der Waals surface area (Å²) in [5, 5.41) is 6.31. The first kappa shape index (κ1) is 20.1. The van der Waals surface area contributed by atoms with Crippen LogP contribution in [-0.4, -0.2) is 17.7 Å². The first-order valence-corrected chi connectivity index (χ1v) is 10.1. The lowest BCUT2D eigenvalue weighted by molar-refractivity contribution is -0.119. The van der Waals surface area contributed by atoms with Crippen LogP contribution in [0.25, 0.3) is 0 Å². The number of ketones is 1. The standard InChI is InChI=1S/C24H30N2O2/c1-18(27)22(16-24(2)14-6-7-15-24)26-23(28)20-10-12-21(13-11-20)25-17-19-8-4-3-5-9-19/h3-5,8-13,22,25H,6-7,14-17H2,1-2H3,(H,26,28)/t22-/m0/s1. The van der Waals surface area contributed by atoms with Crippen molar-refractivity contribution in [1.29, 1.82) is 0 Å².